The van der Waals surface area contributed by atoms with E-state index in [9.17, 15) is 0 Å². The van der Waals surface area contributed by atoms with Gasteiger partial charge in [-0.15, -0.1) is 0 Å². The highest BCUT2D eigenvalue weighted by Crippen LogP contribution is 2.48. The Morgan fingerprint density at radius 3 is 0.990 bits per heavy atom. The molecule has 18 rings (SSSR count). The second-order valence-corrected chi connectivity index (χ2v) is 33.0. The summed E-state index contributed by atoms with van der Waals surface area (Å²) in [4.78, 5) is 5.23. The van der Waals surface area contributed by atoms with Crippen molar-refractivity contribution >= 4 is 137 Å². The van der Waals surface area contributed by atoms with Gasteiger partial charge in [-0.3, -0.25) is 0 Å². The number of anilines is 6. The fourth-order valence-electron chi connectivity index (χ4n) is 16.4. The summed E-state index contributed by atoms with van der Waals surface area (Å²) in [5.41, 5.74) is 18.7. The van der Waals surface area contributed by atoms with Crippen molar-refractivity contribution < 1.29 is 0 Å². The average molecular weight is 1250 g/mol. The van der Waals surface area contributed by atoms with E-state index in [4.69, 9.17) is 0 Å². The summed E-state index contributed by atoms with van der Waals surface area (Å²) in [7, 11) is -5.81. The lowest BCUT2D eigenvalue weighted by Crippen LogP contribution is -2.74. The first-order valence-corrected chi connectivity index (χ1v) is 37.3. The molecule has 450 valence electrons. The second kappa shape index (κ2) is 23.6. The van der Waals surface area contributed by atoms with Gasteiger partial charge in [0.25, 0.3) is 6.71 Å². The molecule has 1 aromatic heterocycles. The number of benzene rings is 15. The molecule has 0 amide bonds. The third-order valence-corrected chi connectivity index (χ3v) is 30.1. The van der Waals surface area contributed by atoms with E-state index in [2.05, 4.69) is 403 Å². The molecule has 0 saturated heterocycles. The maximum atomic E-state index is 2.62. The maximum Gasteiger partial charge on any atom is 0.252 e. The third kappa shape index (κ3) is 9.01. The molecule has 0 bridgehead atoms. The summed E-state index contributed by atoms with van der Waals surface area (Å²) in [6.07, 6.45) is 0. The highest BCUT2D eigenvalue weighted by molar-refractivity contribution is 7.20. The highest BCUT2D eigenvalue weighted by Gasteiger charge is 2.47. The van der Waals surface area contributed by atoms with Gasteiger partial charge in [-0.1, -0.05) is 328 Å². The average Bonchev–Trinajstić information content (AvgIpc) is 0.791. The van der Waals surface area contributed by atoms with Crippen molar-refractivity contribution in [3.05, 3.63) is 388 Å². The van der Waals surface area contributed by atoms with Crippen molar-refractivity contribution in [3.63, 3.8) is 0 Å². The Morgan fingerprint density at radius 1 is 0.219 bits per heavy atom. The number of hydrogen-bond donors (Lipinski definition) is 0. The Kier molecular flexibility index (Phi) is 14.0. The van der Waals surface area contributed by atoms with Gasteiger partial charge in [0.1, 0.15) is 0 Å². The van der Waals surface area contributed by atoms with Gasteiger partial charge in [-0.2, -0.15) is 0 Å². The molecule has 2 aliphatic heterocycles. The lowest BCUT2D eigenvalue weighted by molar-refractivity contribution is 1.16. The van der Waals surface area contributed by atoms with Crippen LogP contribution in [0.1, 0.15) is 0 Å². The zero-order valence-corrected chi connectivity index (χ0v) is 54.9. The van der Waals surface area contributed by atoms with Crippen LogP contribution in [0.2, 0.25) is 0 Å². The van der Waals surface area contributed by atoms with Crippen LogP contribution in [0.4, 0.5) is 34.1 Å². The fraction of sp³-hybridized carbons (Fsp3) is 0. The summed E-state index contributed by atoms with van der Waals surface area (Å²) >= 11 is 0. The summed E-state index contributed by atoms with van der Waals surface area (Å²) in [6.45, 7) is -0.178. The van der Waals surface area contributed by atoms with Gasteiger partial charge in [0.05, 0.1) is 16.7 Å². The molecule has 96 heavy (non-hydrogen) atoms. The fourth-order valence-corrected chi connectivity index (χ4v) is 25.9. The van der Waals surface area contributed by atoms with Crippen LogP contribution in [0.3, 0.4) is 0 Å². The van der Waals surface area contributed by atoms with Gasteiger partial charge in [-0.25, -0.2) is 0 Å². The van der Waals surface area contributed by atoms with Crippen LogP contribution in [0.5, 0.6) is 0 Å². The monoisotopic (exact) mass is 1250 g/mol. The summed E-state index contributed by atoms with van der Waals surface area (Å²) in [5.74, 6) is 0. The summed E-state index contributed by atoms with van der Waals surface area (Å²) in [5, 5.41) is 13.1. The molecule has 0 radical (unpaired) electrons. The quantitative estimate of drug-likeness (QED) is 0.0842. The van der Waals surface area contributed by atoms with Crippen molar-refractivity contribution in [2.45, 2.75) is 0 Å². The van der Waals surface area contributed by atoms with Crippen molar-refractivity contribution in [2.24, 2.45) is 0 Å². The largest absolute Gasteiger partial charge is 0.311 e. The third-order valence-electron chi connectivity index (χ3n) is 20.5. The van der Waals surface area contributed by atoms with Gasteiger partial charge >= 0.3 is 0 Å². The van der Waals surface area contributed by atoms with Gasteiger partial charge in [-0.05, 0) is 141 Å². The summed E-state index contributed by atoms with van der Waals surface area (Å²) in [6, 6.07) is 146. The molecule has 15 aromatic carbocycles. The lowest BCUT2D eigenvalue weighted by Gasteiger charge is -2.45. The first-order valence-electron chi connectivity index (χ1n) is 33.3. The SMILES string of the molecule is c1ccc(-c2ccc3c(c2)N(c2ccc([Si](c4ccccc4)(c4ccccc4)c4ccccc4)cc2)c2cc(-n4c5ccccc5c5ccccc54)cc4c2B3c2c(-c3ccccc3)cccc2N4c2ccc([Si](c3ccccc3)(c3ccccc3)c3ccccc3)cc2)cc1. The minimum atomic E-state index is -2.91. The first-order chi connectivity index (χ1) is 47.7. The van der Waals surface area contributed by atoms with E-state index in [1.54, 1.807) is 0 Å². The Balaban J connectivity index is 0.938. The smallest absolute Gasteiger partial charge is 0.252 e. The van der Waals surface area contributed by atoms with Crippen molar-refractivity contribution in [1.29, 1.82) is 0 Å². The van der Waals surface area contributed by atoms with Gasteiger partial charge < -0.3 is 14.4 Å². The van der Waals surface area contributed by atoms with Crippen LogP contribution in [0, 0.1) is 0 Å². The second-order valence-electron chi connectivity index (χ2n) is 25.4. The van der Waals surface area contributed by atoms with Gasteiger partial charge in [0.2, 0.25) is 0 Å². The Bertz CT molecular complexity index is 5260. The number of fused-ring (bicyclic) bond motifs is 7. The van der Waals surface area contributed by atoms with Crippen LogP contribution in [0.25, 0.3) is 49.7 Å². The van der Waals surface area contributed by atoms with E-state index in [1.165, 1.54) is 85.3 Å². The topological polar surface area (TPSA) is 11.4 Å². The molecule has 0 aliphatic carbocycles. The molecule has 0 N–H and O–H groups in total. The van der Waals surface area contributed by atoms with E-state index in [0.29, 0.717) is 0 Å². The predicted octanol–water partition coefficient (Wildman–Crippen LogP) is 15.0. The first kappa shape index (κ1) is 56.9. The van der Waals surface area contributed by atoms with Crippen LogP contribution in [0.15, 0.2) is 388 Å². The van der Waals surface area contributed by atoms with Crippen molar-refractivity contribution in [1.82, 2.24) is 4.57 Å². The predicted molar refractivity (Wildman–Crippen MR) is 413 cm³/mol. The van der Waals surface area contributed by atoms with Crippen LogP contribution in [-0.4, -0.2) is 27.4 Å². The van der Waals surface area contributed by atoms with Crippen LogP contribution < -0.4 is 67.7 Å². The molecule has 3 nitrogen and oxygen atoms in total. The normalized spacial score (nSPS) is 12.5. The van der Waals surface area contributed by atoms with E-state index in [1.807, 2.05) is 0 Å². The standard InChI is InChI=1S/C90H64BN3Si2/c1-9-30-65(31-10-1)67-52-61-82-86(62-67)93(69-55-59-78(60-56-69)96(74-40-19-6-20-41-74,75-42-21-7-22-43-75)76-44-23-8-24-45-76)88-64-70(94-83-49-27-25-46-80(83)81-47-26-28-50-84(81)94)63-87-90(88)91(82)89-79(66-32-11-2-12-33-66)48-29-51-85(89)92(87)68-53-57-77(58-54-68)95(71-34-13-3-14-35-71,72-36-15-4-16-37-72)73-38-17-5-18-39-73/h1-64H. The molecule has 0 fully saturated rings. The van der Waals surface area contributed by atoms with Crippen LogP contribution in [-0.2, 0) is 0 Å². The van der Waals surface area contributed by atoms with E-state index >= 15 is 0 Å². The molecular formula is C90H64BN3Si2. The maximum absolute atomic E-state index is 2.91. The Hall–Kier alpha value is -11.8. The zero-order chi connectivity index (χ0) is 63.6. The Labute approximate surface area is 563 Å². The van der Waals surface area contributed by atoms with Crippen LogP contribution >= 0.6 is 0 Å². The van der Waals surface area contributed by atoms with Crippen molar-refractivity contribution in [2.75, 3.05) is 9.80 Å². The minimum Gasteiger partial charge on any atom is -0.311 e. The van der Waals surface area contributed by atoms with E-state index in [-0.39, 0.29) is 6.71 Å². The molecule has 0 unspecified atom stereocenters. The molecule has 2 aliphatic rings. The molecule has 6 heteroatoms. The lowest BCUT2D eigenvalue weighted by atomic mass is 9.32. The number of nitrogens with zero attached hydrogens (tertiary/aromatic N) is 3. The van der Waals surface area contributed by atoms with Crippen molar-refractivity contribution in [3.8, 4) is 27.9 Å². The molecule has 3 heterocycles. The summed E-state index contributed by atoms with van der Waals surface area (Å²) < 4.78 is 2.52. The Morgan fingerprint density at radius 2 is 0.573 bits per heavy atom. The molecule has 16 aromatic rings. The zero-order valence-electron chi connectivity index (χ0n) is 52.9. The minimum absolute atomic E-state index is 0.178. The number of hydrogen-bond acceptors (Lipinski definition) is 2. The highest BCUT2D eigenvalue weighted by atomic mass is 28.3. The number of para-hydroxylation sites is 2. The molecular weight excluding hydrogens is 1190 g/mol. The molecule has 0 saturated carbocycles. The van der Waals surface area contributed by atoms with Gasteiger partial charge in [0, 0.05) is 44.9 Å². The number of rotatable bonds is 13. The molecule has 0 atom stereocenters. The molecule has 0 spiro atoms. The number of aromatic nitrogens is 1. The van der Waals surface area contributed by atoms with Gasteiger partial charge in [0.15, 0.2) is 16.1 Å². The van der Waals surface area contributed by atoms with E-state index < -0.39 is 16.1 Å². The van der Waals surface area contributed by atoms with E-state index in [0.717, 1.165) is 56.4 Å².